The summed E-state index contributed by atoms with van der Waals surface area (Å²) in [5.74, 6) is -0.716. The molecule has 0 spiro atoms. The average Bonchev–Trinajstić information content (AvgIpc) is 3.77. The summed E-state index contributed by atoms with van der Waals surface area (Å²) >= 11 is 4.48. The van der Waals surface area contributed by atoms with Gasteiger partial charge in [-0.2, -0.15) is 0 Å². The molecular weight excluding hydrogens is 677 g/mol. The topological polar surface area (TPSA) is 264 Å². The molecule has 4 aromatic rings. The van der Waals surface area contributed by atoms with Crippen LogP contribution >= 0.6 is 14.5 Å². The van der Waals surface area contributed by atoms with Gasteiger partial charge in [0.1, 0.15) is 40.3 Å². The van der Waals surface area contributed by atoms with Crippen molar-refractivity contribution in [2.75, 3.05) is 32.2 Å². The normalized spacial score (nSPS) is 26.7. The second-order valence-electron chi connectivity index (χ2n) is 11.0. The Hall–Kier alpha value is -2.78. The minimum atomic E-state index is -4.99. The average molecular weight is 707 g/mol. The fraction of sp³-hybridized carbons (Fsp3) is 0.522. The van der Waals surface area contributed by atoms with E-state index in [0.717, 1.165) is 12.5 Å². The van der Waals surface area contributed by atoms with Crippen LogP contribution in [0, 0.1) is 5.82 Å². The molecule has 7 N–H and O–H groups in total. The predicted molar refractivity (Wildman–Crippen MR) is 158 cm³/mol. The number of aromatic nitrogens is 7. The molecule has 1 unspecified atom stereocenters. The first-order valence-corrected chi connectivity index (χ1v) is 17.8. The van der Waals surface area contributed by atoms with E-state index in [0.29, 0.717) is 17.6 Å². The van der Waals surface area contributed by atoms with E-state index in [9.17, 15) is 33.5 Å². The molecule has 6 rings (SSSR count). The van der Waals surface area contributed by atoms with Gasteiger partial charge in [0.25, 0.3) is 5.56 Å². The van der Waals surface area contributed by atoms with Crippen molar-refractivity contribution in [3.8, 4) is 0 Å². The van der Waals surface area contributed by atoms with Crippen LogP contribution in [0.1, 0.15) is 25.5 Å². The number of aromatic amines is 1. The molecule has 2 fully saturated rings. The van der Waals surface area contributed by atoms with Crippen LogP contribution in [-0.4, -0.2) is 97.6 Å². The lowest BCUT2D eigenvalue weighted by Gasteiger charge is -2.32. The monoisotopic (exact) mass is 706 g/mol. The van der Waals surface area contributed by atoms with E-state index >= 15 is 0 Å². The number of ether oxygens (including phenoxy) is 2. The first-order chi connectivity index (χ1) is 21.7. The smallest absolute Gasteiger partial charge is 0.393 e. The van der Waals surface area contributed by atoms with E-state index in [1.165, 1.54) is 17.2 Å². The summed E-state index contributed by atoms with van der Waals surface area (Å²) in [6, 6.07) is 0. The van der Waals surface area contributed by atoms with Gasteiger partial charge in [-0.3, -0.25) is 18.4 Å². The zero-order valence-electron chi connectivity index (χ0n) is 23.7. The zero-order chi connectivity index (χ0) is 32.9. The highest BCUT2D eigenvalue weighted by Crippen LogP contribution is 2.52. The number of aliphatic hydroxyl groups excluding tert-OH is 1. The Balaban J connectivity index is 1.20. The van der Waals surface area contributed by atoms with Crippen LogP contribution in [0.3, 0.4) is 0 Å². The number of nitrogens with one attached hydrogen (secondary N) is 1. The minimum absolute atomic E-state index is 0.0671. The van der Waals surface area contributed by atoms with Crippen LogP contribution < -0.4 is 11.3 Å². The van der Waals surface area contributed by atoms with Crippen molar-refractivity contribution in [2.45, 2.75) is 49.3 Å². The summed E-state index contributed by atoms with van der Waals surface area (Å²) < 4.78 is 58.7. The van der Waals surface area contributed by atoms with E-state index in [-0.39, 0.29) is 42.8 Å². The van der Waals surface area contributed by atoms with Gasteiger partial charge >= 0.3 is 14.5 Å². The zero-order valence-corrected chi connectivity index (χ0v) is 26.3. The summed E-state index contributed by atoms with van der Waals surface area (Å²) in [5, 5.41) is 9.92. The maximum absolute atomic E-state index is 14.7. The highest BCUT2D eigenvalue weighted by molar-refractivity contribution is 8.06. The first-order valence-electron chi connectivity index (χ1n) is 13.6. The lowest BCUT2D eigenvalue weighted by molar-refractivity contribution is -0.121. The van der Waals surface area contributed by atoms with Gasteiger partial charge in [-0.15, -0.1) is 0 Å². The lowest BCUT2D eigenvalue weighted by Crippen LogP contribution is -2.40. The molecule has 6 heterocycles. The van der Waals surface area contributed by atoms with Crippen LogP contribution in [0.15, 0.2) is 30.0 Å². The number of hydrogen-bond donors (Lipinski definition) is 6. The van der Waals surface area contributed by atoms with Crippen molar-refractivity contribution in [2.24, 2.45) is 0 Å². The Kier molecular flexibility index (Phi) is 8.89. The van der Waals surface area contributed by atoms with Crippen LogP contribution in [0.25, 0.3) is 22.2 Å². The number of phosphoric ester groups is 1. The van der Waals surface area contributed by atoms with E-state index < -0.39 is 69.3 Å². The van der Waals surface area contributed by atoms with Crippen LogP contribution in [0.4, 0.5) is 10.2 Å². The number of H-pyrrole nitrogens is 1. The Morgan fingerprint density at radius 3 is 2.78 bits per heavy atom. The van der Waals surface area contributed by atoms with E-state index in [1.54, 1.807) is 4.57 Å². The number of aliphatic hydroxyl groups is 1. The molecule has 0 aromatic carbocycles. The second kappa shape index (κ2) is 12.3. The molecule has 0 aliphatic carbocycles. The maximum Gasteiger partial charge on any atom is 0.472 e. The van der Waals surface area contributed by atoms with Gasteiger partial charge in [0, 0.05) is 12.6 Å². The van der Waals surface area contributed by atoms with Crippen molar-refractivity contribution >= 4 is 54.4 Å². The highest BCUT2D eigenvalue weighted by Gasteiger charge is 2.49. The molecule has 0 amide bonds. The second-order valence-corrected chi connectivity index (χ2v) is 15.1. The summed E-state index contributed by atoms with van der Waals surface area (Å²) in [7, 11) is -4.99. The molecule has 2 aliphatic heterocycles. The van der Waals surface area contributed by atoms with Gasteiger partial charge in [0.05, 0.1) is 51.7 Å². The van der Waals surface area contributed by atoms with Gasteiger partial charge in [-0.1, -0.05) is 0 Å². The fourth-order valence-corrected chi connectivity index (χ4v) is 7.29. The number of hydrogen-bond acceptors (Lipinski definition) is 14. The van der Waals surface area contributed by atoms with E-state index in [4.69, 9.17) is 28.8 Å². The predicted octanol–water partition coefficient (Wildman–Crippen LogP) is 0.213. The van der Waals surface area contributed by atoms with Crippen molar-refractivity contribution in [3.63, 3.8) is 0 Å². The third-order valence-corrected chi connectivity index (χ3v) is 9.58. The fourth-order valence-electron chi connectivity index (χ4n) is 5.62. The number of nitrogen functional groups attached to an aromatic ring is 1. The number of phosphoric acid groups is 1. The number of anilines is 1. The quantitative estimate of drug-likeness (QED) is 0.108. The van der Waals surface area contributed by atoms with Gasteiger partial charge in [0.15, 0.2) is 17.3 Å². The number of rotatable bonds is 12. The lowest BCUT2D eigenvalue weighted by atomic mass is 10.0. The molecule has 0 radical (unpaired) electrons. The van der Waals surface area contributed by atoms with Crippen LogP contribution in [0.2, 0.25) is 0 Å². The number of nitrogens with two attached hydrogens (primary N) is 1. The first kappa shape index (κ1) is 33.1. The molecule has 0 saturated carbocycles. The van der Waals surface area contributed by atoms with Gasteiger partial charge < -0.3 is 49.1 Å². The minimum Gasteiger partial charge on any atom is -0.393 e. The van der Waals surface area contributed by atoms with Gasteiger partial charge in [0.2, 0.25) is 0 Å². The Morgan fingerprint density at radius 1 is 1.22 bits per heavy atom. The Labute approximate surface area is 262 Å². The third-order valence-electron chi connectivity index (χ3n) is 7.70. The van der Waals surface area contributed by atoms with Gasteiger partial charge in [-0.05, 0) is 24.6 Å². The molecule has 4 aromatic heterocycles. The molecule has 2 saturated heterocycles. The molecule has 46 heavy (non-hydrogen) atoms. The molecular formula is C23H29FN8O11P2S. The molecule has 19 nitrogen and oxygen atoms in total. The summed E-state index contributed by atoms with van der Waals surface area (Å²) in [4.78, 5) is 60.7. The van der Waals surface area contributed by atoms with E-state index in [1.807, 2.05) is 0 Å². The number of fused-ring (bicyclic) bond motifs is 2. The summed E-state index contributed by atoms with van der Waals surface area (Å²) in [6.07, 6.45) is 3.62. The van der Waals surface area contributed by atoms with Crippen LogP contribution in [0.5, 0.6) is 0 Å². The standard InChI is InChI=1S/C23H29FN8O11P2S/c24-14-4-31(19-16(14)21(34)29-11-27-19)6-23(3-13(39-8-23)5-40-45(37,38)46)43-44(35,36)41-9-22(7-33)2-1-15(42-22)32-12-30-17-18(25)26-10-28-20(17)32/h4,10-13,15,33H,1-3,5-9H2,(H,35,36)(H2,25,26,28)(H,27,29,34)(H2,37,38,46)/t13-,15+,22+,23+/m0/s1. The summed E-state index contributed by atoms with van der Waals surface area (Å²) in [5.41, 5.74) is 2.71. The number of nitrogens with zero attached hydrogens (tertiary/aromatic N) is 6. The number of halogens is 1. The molecule has 23 heteroatoms. The SMILES string of the molecule is Nc1ncnc2c1ncn2[C@H]1CC[C@@](CO)(COP(=O)(O)O[C@]2(Cn3cc(F)c4c(=O)[nH]cnc43)CO[C@H](COP(O)(O)=S)C2)O1. The van der Waals surface area contributed by atoms with Crippen molar-refractivity contribution < 1.29 is 51.8 Å². The molecule has 2 aliphatic rings. The maximum atomic E-state index is 14.7. The molecule has 5 atom stereocenters. The Morgan fingerprint density at radius 2 is 2.02 bits per heavy atom. The van der Waals surface area contributed by atoms with Crippen molar-refractivity contribution in [3.05, 3.63) is 41.3 Å². The molecule has 0 bridgehead atoms. The van der Waals surface area contributed by atoms with Crippen molar-refractivity contribution in [1.29, 1.82) is 0 Å². The van der Waals surface area contributed by atoms with Crippen LogP contribution in [-0.2, 0) is 46.0 Å². The number of imidazole rings is 1. The highest BCUT2D eigenvalue weighted by atomic mass is 32.5. The van der Waals surface area contributed by atoms with Gasteiger partial charge in [-0.25, -0.2) is 28.9 Å². The third kappa shape index (κ3) is 6.77. The largest absolute Gasteiger partial charge is 0.472 e. The summed E-state index contributed by atoms with van der Waals surface area (Å²) in [6.45, 7) is -6.30. The van der Waals surface area contributed by atoms with Crippen molar-refractivity contribution in [1.82, 2.24) is 34.1 Å². The molecule has 250 valence electrons. The van der Waals surface area contributed by atoms with E-state index in [2.05, 4.69) is 36.7 Å². The Bertz CT molecular complexity index is 1920.